The van der Waals surface area contributed by atoms with Crippen LogP contribution in [0, 0.1) is 5.92 Å². The summed E-state index contributed by atoms with van der Waals surface area (Å²) in [5, 5.41) is 7.53. The van der Waals surface area contributed by atoms with Crippen molar-refractivity contribution in [2.24, 2.45) is 5.92 Å². The standard InChI is InChI=1S/C17H17N3O2S2/c1-10(11-4-5-11)19-14(21)7-20-9-18-16-15(17(20)22)12(8-24-16)13-3-2-6-23-13/h2-3,6,8-11H,4-5,7H2,1H3,(H,19,21)/t10-/m0/s1. The lowest BCUT2D eigenvalue weighted by Gasteiger charge is -2.13. The van der Waals surface area contributed by atoms with E-state index >= 15 is 0 Å². The van der Waals surface area contributed by atoms with Crippen LogP contribution in [0.25, 0.3) is 20.7 Å². The number of fused-ring (bicyclic) bond motifs is 1. The smallest absolute Gasteiger partial charge is 0.263 e. The van der Waals surface area contributed by atoms with Crippen molar-refractivity contribution in [1.82, 2.24) is 14.9 Å². The van der Waals surface area contributed by atoms with Crippen LogP contribution in [0.1, 0.15) is 19.8 Å². The molecular formula is C17H17N3O2S2. The summed E-state index contributed by atoms with van der Waals surface area (Å²) < 4.78 is 1.40. The second kappa shape index (κ2) is 6.14. The highest BCUT2D eigenvalue weighted by Crippen LogP contribution is 2.33. The Balaban J connectivity index is 1.64. The zero-order valence-corrected chi connectivity index (χ0v) is 14.8. The summed E-state index contributed by atoms with van der Waals surface area (Å²) >= 11 is 3.05. The van der Waals surface area contributed by atoms with Crippen LogP contribution >= 0.6 is 22.7 Å². The van der Waals surface area contributed by atoms with Crippen molar-refractivity contribution < 1.29 is 4.79 Å². The number of aromatic nitrogens is 2. The van der Waals surface area contributed by atoms with Crippen molar-refractivity contribution in [1.29, 1.82) is 0 Å². The van der Waals surface area contributed by atoms with E-state index in [1.54, 1.807) is 11.3 Å². The lowest BCUT2D eigenvalue weighted by Crippen LogP contribution is -2.38. The van der Waals surface area contributed by atoms with Gasteiger partial charge < -0.3 is 5.32 Å². The molecule has 0 saturated heterocycles. The molecule has 0 bridgehead atoms. The monoisotopic (exact) mass is 359 g/mol. The number of nitrogens with one attached hydrogen (secondary N) is 1. The summed E-state index contributed by atoms with van der Waals surface area (Å²) in [6.45, 7) is 2.03. The number of amides is 1. The molecule has 5 nitrogen and oxygen atoms in total. The number of hydrogen-bond acceptors (Lipinski definition) is 5. The highest BCUT2D eigenvalue weighted by molar-refractivity contribution is 7.18. The predicted molar refractivity (Wildman–Crippen MR) is 97.5 cm³/mol. The van der Waals surface area contributed by atoms with E-state index in [0.29, 0.717) is 16.1 Å². The van der Waals surface area contributed by atoms with Crippen LogP contribution < -0.4 is 10.9 Å². The van der Waals surface area contributed by atoms with E-state index in [1.165, 1.54) is 35.1 Å². The molecule has 1 fully saturated rings. The van der Waals surface area contributed by atoms with Gasteiger partial charge in [0.15, 0.2) is 0 Å². The maximum atomic E-state index is 12.8. The average Bonchev–Trinajstić information content (AvgIpc) is 3.10. The molecule has 1 amide bonds. The van der Waals surface area contributed by atoms with E-state index in [4.69, 9.17) is 0 Å². The van der Waals surface area contributed by atoms with Gasteiger partial charge in [-0.1, -0.05) is 6.07 Å². The minimum atomic E-state index is -0.154. The normalized spacial score (nSPS) is 15.5. The minimum absolute atomic E-state index is 0.0125. The second-order valence-corrected chi connectivity index (χ2v) is 7.98. The highest BCUT2D eigenvalue weighted by Gasteiger charge is 2.29. The SMILES string of the molecule is C[C@H](NC(=O)Cn1cnc2scc(-c3cccs3)c2c1=O)C1CC1. The van der Waals surface area contributed by atoms with Crippen molar-refractivity contribution in [2.75, 3.05) is 0 Å². The third-order valence-electron chi connectivity index (χ3n) is 4.38. The molecule has 0 radical (unpaired) electrons. The van der Waals surface area contributed by atoms with E-state index in [1.807, 2.05) is 29.8 Å². The summed E-state index contributed by atoms with van der Waals surface area (Å²) in [5.41, 5.74) is 0.752. The van der Waals surface area contributed by atoms with Crippen LogP contribution in [-0.2, 0) is 11.3 Å². The van der Waals surface area contributed by atoms with Gasteiger partial charge in [-0.3, -0.25) is 14.2 Å². The van der Waals surface area contributed by atoms with E-state index in [9.17, 15) is 9.59 Å². The lowest BCUT2D eigenvalue weighted by molar-refractivity contribution is -0.122. The third kappa shape index (κ3) is 2.89. The van der Waals surface area contributed by atoms with Gasteiger partial charge in [0.25, 0.3) is 5.56 Å². The molecule has 0 spiro atoms. The van der Waals surface area contributed by atoms with Crippen molar-refractivity contribution in [3.05, 3.63) is 39.6 Å². The molecule has 3 aromatic heterocycles. The van der Waals surface area contributed by atoms with Crippen molar-refractivity contribution in [3.8, 4) is 10.4 Å². The fourth-order valence-corrected chi connectivity index (χ4v) is 4.58. The number of rotatable bonds is 5. The first-order valence-corrected chi connectivity index (χ1v) is 9.69. The molecule has 124 valence electrons. The molecule has 4 rings (SSSR count). The number of hydrogen-bond donors (Lipinski definition) is 1. The van der Waals surface area contributed by atoms with Crippen LogP contribution in [0.3, 0.4) is 0 Å². The molecule has 3 aromatic rings. The second-order valence-electron chi connectivity index (χ2n) is 6.18. The molecule has 3 heterocycles. The van der Waals surface area contributed by atoms with Crippen LogP contribution in [0.5, 0.6) is 0 Å². The van der Waals surface area contributed by atoms with Crippen LogP contribution in [0.15, 0.2) is 34.0 Å². The first kappa shape index (κ1) is 15.5. The Morgan fingerprint density at radius 3 is 3.00 bits per heavy atom. The molecule has 0 aromatic carbocycles. The maximum absolute atomic E-state index is 12.8. The fourth-order valence-electron chi connectivity index (χ4n) is 2.86. The van der Waals surface area contributed by atoms with Gasteiger partial charge >= 0.3 is 0 Å². The van der Waals surface area contributed by atoms with Gasteiger partial charge in [0, 0.05) is 21.9 Å². The molecule has 7 heteroatoms. The average molecular weight is 359 g/mol. The number of carbonyl (C=O) groups is 1. The van der Waals surface area contributed by atoms with E-state index < -0.39 is 0 Å². The molecule has 24 heavy (non-hydrogen) atoms. The highest BCUT2D eigenvalue weighted by atomic mass is 32.1. The van der Waals surface area contributed by atoms with Crippen molar-refractivity contribution in [2.45, 2.75) is 32.4 Å². The van der Waals surface area contributed by atoms with Crippen molar-refractivity contribution >= 4 is 38.8 Å². The van der Waals surface area contributed by atoms with Gasteiger partial charge in [0.2, 0.25) is 5.91 Å². The zero-order valence-electron chi connectivity index (χ0n) is 13.2. The summed E-state index contributed by atoms with van der Waals surface area (Å²) in [6, 6.07) is 4.13. The number of nitrogens with zero attached hydrogens (tertiary/aromatic N) is 2. The Morgan fingerprint density at radius 2 is 2.29 bits per heavy atom. The lowest BCUT2D eigenvalue weighted by atomic mass is 10.2. The molecular weight excluding hydrogens is 342 g/mol. The minimum Gasteiger partial charge on any atom is -0.352 e. The van der Waals surface area contributed by atoms with Gasteiger partial charge in [0.05, 0.1) is 11.7 Å². The van der Waals surface area contributed by atoms with E-state index in [0.717, 1.165) is 10.4 Å². The summed E-state index contributed by atoms with van der Waals surface area (Å²) in [5.74, 6) is 0.458. The Kier molecular flexibility index (Phi) is 3.97. The Hall–Kier alpha value is -1.99. The maximum Gasteiger partial charge on any atom is 0.263 e. The van der Waals surface area contributed by atoms with Crippen LogP contribution in [0.4, 0.5) is 0 Å². The third-order valence-corrected chi connectivity index (χ3v) is 6.17. The van der Waals surface area contributed by atoms with Gasteiger partial charge in [-0.05, 0) is 37.1 Å². The summed E-state index contributed by atoms with van der Waals surface area (Å²) in [6.07, 6.45) is 3.82. The summed E-state index contributed by atoms with van der Waals surface area (Å²) in [7, 11) is 0. The molecule has 1 aliphatic carbocycles. The number of thiophene rings is 2. The molecule has 1 N–H and O–H groups in total. The van der Waals surface area contributed by atoms with E-state index in [-0.39, 0.29) is 24.1 Å². The molecule has 0 aliphatic heterocycles. The molecule has 1 saturated carbocycles. The molecule has 1 aliphatic rings. The fraction of sp³-hybridized carbons (Fsp3) is 0.353. The van der Waals surface area contributed by atoms with Crippen LogP contribution in [0.2, 0.25) is 0 Å². The van der Waals surface area contributed by atoms with E-state index in [2.05, 4.69) is 10.3 Å². The Bertz CT molecular complexity index is 939. The first-order chi connectivity index (χ1) is 11.6. The zero-order chi connectivity index (χ0) is 16.7. The van der Waals surface area contributed by atoms with Crippen molar-refractivity contribution in [3.63, 3.8) is 0 Å². The van der Waals surface area contributed by atoms with Gasteiger partial charge in [-0.2, -0.15) is 0 Å². The Labute approximate surface area is 147 Å². The predicted octanol–water partition coefficient (Wildman–Crippen LogP) is 3.10. The molecule has 1 atom stereocenters. The van der Waals surface area contributed by atoms with Gasteiger partial charge in [-0.25, -0.2) is 4.98 Å². The largest absolute Gasteiger partial charge is 0.352 e. The molecule has 0 unspecified atom stereocenters. The number of carbonyl (C=O) groups excluding carboxylic acids is 1. The van der Waals surface area contributed by atoms with Gasteiger partial charge in [0.1, 0.15) is 11.4 Å². The first-order valence-electron chi connectivity index (χ1n) is 7.93. The topological polar surface area (TPSA) is 64.0 Å². The van der Waals surface area contributed by atoms with Gasteiger partial charge in [-0.15, -0.1) is 22.7 Å². The summed E-state index contributed by atoms with van der Waals surface area (Å²) in [4.78, 5) is 31.1. The Morgan fingerprint density at radius 1 is 1.46 bits per heavy atom. The quantitative estimate of drug-likeness (QED) is 0.761. The van der Waals surface area contributed by atoms with Crippen LogP contribution in [-0.4, -0.2) is 21.5 Å².